The van der Waals surface area contributed by atoms with E-state index in [0.717, 1.165) is 5.69 Å². The first kappa shape index (κ1) is 14.9. The van der Waals surface area contributed by atoms with Crippen molar-refractivity contribution in [3.05, 3.63) is 24.0 Å². The van der Waals surface area contributed by atoms with Crippen LogP contribution in [-0.4, -0.2) is 32.8 Å². The Morgan fingerprint density at radius 1 is 1.47 bits per heavy atom. The zero-order valence-corrected chi connectivity index (χ0v) is 11.5. The van der Waals surface area contributed by atoms with Crippen LogP contribution in [0.3, 0.4) is 0 Å². The van der Waals surface area contributed by atoms with Crippen molar-refractivity contribution >= 4 is 18.0 Å². The molecule has 1 rings (SSSR count). The predicted octanol–water partition coefficient (Wildman–Crippen LogP) is 1.05. The lowest BCUT2D eigenvalue weighted by Crippen LogP contribution is -2.48. The zero-order chi connectivity index (χ0) is 14.6. The van der Waals surface area contributed by atoms with Gasteiger partial charge in [0, 0.05) is 19.3 Å². The molecule has 6 nitrogen and oxygen atoms in total. The summed E-state index contributed by atoms with van der Waals surface area (Å²) in [6.07, 6.45) is 4.51. The monoisotopic (exact) mass is 265 g/mol. The van der Waals surface area contributed by atoms with E-state index in [4.69, 9.17) is 5.11 Å². The van der Waals surface area contributed by atoms with Crippen molar-refractivity contribution in [2.75, 3.05) is 0 Å². The Labute approximate surface area is 112 Å². The number of carboxylic acid groups (broad SMARTS) is 1. The summed E-state index contributed by atoms with van der Waals surface area (Å²) in [7, 11) is 1.76. The molecule has 1 aromatic heterocycles. The van der Waals surface area contributed by atoms with Gasteiger partial charge in [-0.25, -0.2) is 4.79 Å². The molecule has 1 heterocycles. The van der Waals surface area contributed by atoms with Crippen molar-refractivity contribution < 1.29 is 14.7 Å². The summed E-state index contributed by atoms with van der Waals surface area (Å²) in [5, 5.41) is 15.5. The first-order valence-corrected chi connectivity index (χ1v) is 5.91. The van der Waals surface area contributed by atoms with Crippen LogP contribution in [0.25, 0.3) is 6.08 Å². The molecule has 1 atom stereocenters. The second-order valence-electron chi connectivity index (χ2n) is 5.36. The fraction of sp³-hybridized carbons (Fsp3) is 0.462. The number of aryl methyl sites for hydroxylation is 1. The molecule has 0 saturated heterocycles. The lowest BCUT2D eigenvalue weighted by atomic mass is 9.87. The van der Waals surface area contributed by atoms with Crippen LogP contribution in [0.5, 0.6) is 0 Å². The van der Waals surface area contributed by atoms with Crippen LogP contribution in [-0.2, 0) is 16.6 Å². The second kappa shape index (κ2) is 5.69. The average Bonchev–Trinajstić information content (AvgIpc) is 2.67. The van der Waals surface area contributed by atoms with Crippen molar-refractivity contribution in [3.8, 4) is 0 Å². The molecule has 0 fully saturated rings. The maximum absolute atomic E-state index is 11.7. The van der Waals surface area contributed by atoms with Crippen LogP contribution in [0.1, 0.15) is 26.5 Å². The average molecular weight is 265 g/mol. The maximum atomic E-state index is 11.7. The van der Waals surface area contributed by atoms with Crippen LogP contribution in [0, 0.1) is 5.41 Å². The van der Waals surface area contributed by atoms with Gasteiger partial charge in [-0.05, 0) is 17.6 Å². The highest BCUT2D eigenvalue weighted by Crippen LogP contribution is 2.19. The third-order valence-electron chi connectivity index (χ3n) is 2.66. The number of rotatable bonds is 4. The lowest BCUT2D eigenvalue weighted by molar-refractivity contribution is -0.144. The van der Waals surface area contributed by atoms with E-state index in [0.29, 0.717) is 0 Å². The number of nitrogens with zero attached hydrogens (tertiary/aromatic N) is 2. The first-order valence-electron chi connectivity index (χ1n) is 5.91. The molecule has 0 aliphatic carbocycles. The molecular formula is C13H19N3O3. The summed E-state index contributed by atoms with van der Waals surface area (Å²) in [5.74, 6) is -1.49. The fourth-order valence-electron chi connectivity index (χ4n) is 1.55. The van der Waals surface area contributed by atoms with Gasteiger partial charge >= 0.3 is 5.97 Å². The van der Waals surface area contributed by atoms with Gasteiger partial charge in [-0.3, -0.25) is 9.48 Å². The Bertz CT molecular complexity index is 497. The Morgan fingerprint density at radius 3 is 2.53 bits per heavy atom. The molecular weight excluding hydrogens is 246 g/mol. The summed E-state index contributed by atoms with van der Waals surface area (Å²) in [5.41, 5.74) is 0.208. The normalized spacial score (nSPS) is 13.5. The molecule has 0 saturated carbocycles. The zero-order valence-electron chi connectivity index (χ0n) is 11.5. The molecule has 1 amide bonds. The highest BCUT2D eigenvalue weighted by Gasteiger charge is 2.31. The molecule has 1 unspecified atom stereocenters. The molecule has 6 heteroatoms. The van der Waals surface area contributed by atoms with Crippen molar-refractivity contribution in [2.24, 2.45) is 12.5 Å². The van der Waals surface area contributed by atoms with E-state index in [1.165, 1.54) is 6.08 Å². The van der Waals surface area contributed by atoms with Crippen molar-refractivity contribution in [1.29, 1.82) is 0 Å². The number of nitrogens with one attached hydrogen (secondary N) is 1. The Hall–Kier alpha value is -2.11. The van der Waals surface area contributed by atoms with Gasteiger partial charge in [-0.1, -0.05) is 20.8 Å². The summed E-state index contributed by atoms with van der Waals surface area (Å²) in [6.45, 7) is 5.28. The molecule has 0 aliphatic rings. The number of amides is 1. The van der Waals surface area contributed by atoms with Gasteiger partial charge in [0.1, 0.15) is 6.04 Å². The van der Waals surface area contributed by atoms with E-state index < -0.39 is 23.3 Å². The smallest absolute Gasteiger partial charge is 0.326 e. The molecule has 0 aromatic carbocycles. The maximum Gasteiger partial charge on any atom is 0.326 e. The van der Waals surface area contributed by atoms with E-state index in [1.807, 2.05) is 0 Å². The summed E-state index contributed by atoms with van der Waals surface area (Å²) in [4.78, 5) is 22.8. The van der Waals surface area contributed by atoms with Gasteiger partial charge < -0.3 is 10.4 Å². The molecule has 0 bridgehead atoms. The van der Waals surface area contributed by atoms with Crippen molar-refractivity contribution in [3.63, 3.8) is 0 Å². The Morgan fingerprint density at radius 2 is 2.11 bits per heavy atom. The Balaban J connectivity index is 2.72. The van der Waals surface area contributed by atoms with Gasteiger partial charge in [0.25, 0.3) is 0 Å². The molecule has 104 valence electrons. The Kier molecular flexibility index (Phi) is 4.47. The third kappa shape index (κ3) is 4.24. The number of carbonyl (C=O) groups is 2. The van der Waals surface area contributed by atoms with Gasteiger partial charge in [0.15, 0.2) is 0 Å². The fourth-order valence-corrected chi connectivity index (χ4v) is 1.55. The lowest BCUT2D eigenvalue weighted by Gasteiger charge is -2.27. The van der Waals surface area contributed by atoms with Gasteiger partial charge in [-0.2, -0.15) is 5.10 Å². The SMILES string of the molecule is Cn1nccc1/C=C/C(=O)NC(C(=O)O)C(C)(C)C. The van der Waals surface area contributed by atoms with Crippen molar-refractivity contribution in [1.82, 2.24) is 15.1 Å². The van der Waals surface area contributed by atoms with Crippen LogP contribution < -0.4 is 5.32 Å². The largest absolute Gasteiger partial charge is 0.480 e. The molecule has 1 aromatic rings. The number of aliphatic carboxylic acids is 1. The number of hydrogen-bond donors (Lipinski definition) is 2. The highest BCUT2D eigenvalue weighted by molar-refractivity contribution is 5.94. The predicted molar refractivity (Wildman–Crippen MR) is 71.3 cm³/mol. The minimum Gasteiger partial charge on any atom is -0.480 e. The topological polar surface area (TPSA) is 84.2 Å². The number of carbonyl (C=O) groups excluding carboxylic acids is 1. The van der Waals surface area contributed by atoms with Gasteiger partial charge in [0.2, 0.25) is 5.91 Å². The quantitative estimate of drug-likeness (QED) is 0.797. The van der Waals surface area contributed by atoms with E-state index >= 15 is 0 Å². The van der Waals surface area contributed by atoms with Gasteiger partial charge in [-0.15, -0.1) is 0 Å². The third-order valence-corrected chi connectivity index (χ3v) is 2.66. The van der Waals surface area contributed by atoms with Crippen LogP contribution in [0.15, 0.2) is 18.3 Å². The van der Waals surface area contributed by atoms with E-state index in [9.17, 15) is 9.59 Å². The standard InChI is InChI=1S/C13H19N3O3/c1-13(2,3)11(12(18)19)15-10(17)6-5-9-7-8-14-16(9)4/h5-8,11H,1-4H3,(H,15,17)(H,18,19)/b6-5+. The summed E-state index contributed by atoms with van der Waals surface area (Å²) < 4.78 is 1.61. The molecule has 0 radical (unpaired) electrons. The van der Waals surface area contributed by atoms with Crippen LogP contribution in [0.2, 0.25) is 0 Å². The van der Waals surface area contributed by atoms with Crippen LogP contribution >= 0.6 is 0 Å². The molecule has 19 heavy (non-hydrogen) atoms. The summed E-state index contributed by atoms with van der Waals surface area (Å²) in [6, 6.07) is 0.818. The highest BCUT2D eigenvalue weighted by atomic mass is 16.4. The van der Waals surface area contributed by atoms with E-state index in [-0.39, 0.29) is 0 Å². The second-order valence-corrected chi connectivity index (χ2v) is 5.36. The van der Waals surface area contributed by atoms with E-state index in [1.54, 1.807) is 50.8 Å². The molecule has 0 aliphatic heterocycles. The minimum absolute atomic E-state index is 0.441. The number of hydrogen-bond acceptors (Lipinski definition) is 3. The molecule has 2 N–H and O–H groups in total. The molecule has 0 spiro atoms. The van der Waals surface area contributed by atoms with E-state index in [2.05, 4.69) is 10.4 Å². The summed E-state index contributed by atoms with van der Waals surface area (Å²) >= 11 is 0. The van der Waals surface area contributed by atoms with Crippen molar-refractivity contribution in [2.45, 2.75) is 26.8 Å². The minimum atomic E-state index is -1.05. The van der Waals surface area contributed by atoms with Crippen LogP contribution in [0.4, 0.5) is 0 Å². The number of carboxylic acids is 1. The first-order chi connectivity index (χ1) is 8.71. The number of aromatic nitrogens is 2. The van der Waals surface area contributed by atoms with Gasteiger partial charge in [0.05, 0.1) is 5.69 Å².